The molecule has 4 heteroatoms. The highest BCUT2D eigenvalue weighted by Gasteiger charge is 2.16. The lowest BCUT2D eigenvalue weighted by atomic mass is 9.95. The molecule has 14 heavy (non-hydrogen) atoms. The number of aromatic nitrogens is 2. The second-order valence-corrected chi connectivity index (χ2v) is 3.85. The Kier molecular flexibility index (Phi) is 3.16. The maximum absolute atomic E-state index is 5.48. The van der Waals surface area contributed by atoms with E-state index in [0.29, 0.717) is 12.5 Å². The minimum absolute atomic E-state index is 0.662. The van der Waals surface area contributed by atoms with Crippen LogP contribution in [0.15, 0.2) is 6.20 Å². The number of H-pyrrole nitrogens is 1. The maximum atomic E-state index is 5.48. The van der Waals surface area contributed by atoms with Crippen LogP contribution >= 0.6 is 0 Å². The number of nitrogens with one attached hydrogen (secondary N) is 2. The van der Waals surface area contributed by atoms with Gasteiger partial charge in [0.15, 0.2) is 0 Å². The van der Waals surface area contributed by atoms with E-state index in [9.17, 15) is 0 Å². The smallest absolute Gasteiger partial charge is 0.107 e. The third-order valence-electron chi connectivity index (χ3n) is 2.81. The first-order valence-electron chi connectivity index (χ1n) is 5.34. The highest BCUT2D eigenvalue weighted by Crippen LogP contribution is 2.23. The summed E-state index contributed by atoms with van der Waals surface area (Å²) in [6.07, 6.45) is 5.25. The van der Waals surface area contributed by atoms with E-state index in [1.807, 2.05) is 6.20 Å². The van der Waals surface area contributed by atoms with Gasteiger partial charge in [-0.3, -0.25) is 0 Å². The van der Waals surface area contributed by atoms with E-state index < -0.39 is 0 Å². The van der Waals surface area contributed by atoms with Crippen molar-refractivity contribution in [2.75, 3.05) is 19.6 Å². The van der Waals surface area contributed by atoms with E-state index in [4.69, 9.17) is 5.73 Å². The van der Waals surface area contributed by atoms with Crippen molar-refractivity contribution < 1.29 is 0 Å². The van der Waals surface area contributed by atoms with Crippen LogP contribution in [0.1, 0.15) is 30.3 Å². The Morgan fingerprint density at radius 2 is 2.21 bits per heavy atom. The molecule has 1 aliphatic rings. The molecule has 0 bridgehead atoms. The Hall–Kier alpha value is -0.870. The van der Waals surface area contributed by atoms with Crippen LogP contribution in [0.3, 0.4) is 0 Å². The lowest BCUT2D eigenvalue weighted by Crippen LogP contribution is -2.26. The third-order valence-corrected chi connectivity index (χ3v) is 2.81. The van der Waals surface area contributed by atoms with Gasteiger partial charge in [0.2, 0.25) is 0 Å². The summed E-state index contributed by atoms with van der Waals surface area (Å²) in [6, 6.07) is 0. The molecule has 4 N–H and O–H groups in total. The summed E-state index contributed by atoms with van der Waals surface area (Å²) in [5.41, 5.74) is 6.77. The second kappa shape index (κ2) is 4.57. The quantitative estimate of drug-likeness (QED) is 0.651. The molecule has 0 amide bonds. The molecule has 0 saturated carbocycles. The summed E-state index contributed by atoms with van der Waals surface area (Å²) in [7, 11) is 0. The van der Waals surface area contributed by atoms with Crippen molar-refractivity contribution in [2.45, 2.75) is 25.2 Å². The number of aromatic amines is 1. The van der Waals surface area contributed by atoms with E-state index >= 15 is 0 Å². The van der Waals surface area contributed by atoms with E-state index in [2.05, 4.69) is 15.3 Å². The summed E-state index contributed by atoms with van der Waals surface area (Å²) in [5, 5.41) is 3.36. The largest absolute Gasteiger partial charge is 0.346 e. The predicted octanol–water partition coefficient (Wildman–Crippen LogP) is 0.378. The molecule has 1 aromatic rings. The van der Waals surface area contributed by atoms with Crippen LogP contribution in [-0.4, -0.2) is 29.6 Å². The highest BCUT2D eigenvalue weighted by atomic mass is 14.9. The zero-order valence-corrected chi connectivity index (χ0v) is 8.42. The molecule has 0 unspecified atom stereocenters. The SMILES string of the molecule is NCCc1ncc(C2CCNCC2)[nH]1. The van der Waals surface area contributed by atoms with Gasteiger partial charge in [-0.2, -0.15) is 0 Å². The summed E-state index contributed by atoms with van der Waals surface area (Å²) in [4.78, 5) is 7.69. The van der Waals surface area contributed by atoms with Crippen LogP contribution < -0.4 is 11.1 Å². The van der Waals surface area contributed by atoms with Gasteiger partial charge in [-0.05, 0) is 32.5 Å². The molecule has 0 aliphatic carbocycles. The van der Waals surface area contributed by atoms with Crippen LogP contribution in [0.2, 0.25) is 0 Å². The predicted molar refractivity (Wildman–Crippen MR) is 56.2 cm³/mol. The van der Waals surface area contributed by atoms with Gasteiger partial charge >= 0.3 is 0 Å². The molecule has 0 atom stereocenters. The lowest BCUT2D eigenvalue weighted by Gasteiger charge is -2.21. The average Bonchev–Trinajstić information content (AvgIpc) is 2.68. The Morgan fingerprint density at radius 1 is 1.43 bits per heavy atom. The maximum Gasteiger partial charge on any atom is 0.107 e. The molecular weight excluding hydrogens is 176 g/mol. The summed E-state index contributed by atoms with van der Waals surface area (Å²) in [5.74, 6) is 1.69. The molecular formula is C10H18N4. The molecule has 0 spiro atoms. The van der Waals surface area contributed by atoms with Gasteiger partial charge < -0.3 is 16.0 Å². The Labute approximate surface area is 84.3 Å². The third kappa shape index (κ3) is 2.13. The molecule has 1 aliphatic heterocycles. The molecule has 1 fully saturated rings. The lowest BCUT2D eigenvalue weighted by molar-refractivity contribution is 0.454. The highest BCUT2D eigenvalue weighted by molar-refractivity contribution is 5.09. The number of hydrogen-bond acceptors (Lipinski definition) is 3. The van der Waals surface area contributed by atoms with Crippen LogP contribution in [-0.2, 0) is 6.42 Å². The fourth-order valence-electron chi connectivity index (χ4n) is 1.98. The van der Waals surface area contributed by atoms with Gasteiger partial charge in [-0.25, -0.2) is 4.98 Å². The summed E-state index contributed by atoms with van der Waals surface area (Å²) < 4.78 is 0. The van der Waals surface area contributed by atoms with Crippen molar-refractivity contribution >= 4 is 0 Å². The second-order valence-electron chi connectivity index (χ2n) is 3.85. The fraction of sp³-hybridized carbons (Fsp3) is 0.700. The van der Waals surface area contributed by atoms with Gasteiger partial charge in [-0.15, -0.1) is 0 Å². The van der Waals surface area contributed by atoms with Crippen LogP contribution in [0.4, 0.5) is 0 Å². The zero-order valence-electron chi connectivity index (χ0n) is 8.42. The number of nitrogens with zero attached hydrogens (tertiary/aromatic N) is 1. The van der Waals surface area contributed by atoms with Crippen molar-refractivity contribution in [1.82, 2.24) is 15.3 Å². The Bertz CT molecular complexity index is 275. The average molecular weight is 194 g/mol. The first-order chi connectivity index (χ1) is 6.90. The molecule has 4 nitrogen and oxygen atoms in total. The number of nitrogens with two attached hydrogens (primary N) is 1. The van der Waals surface area contributed by atoms with E-state index in [1.165, 1.54) is 18.5 Å². The van der Waals surface area contributed by atoms with Crippen molar-refractivity contribution in [3.8, 4) is 0 Å². The van der Waals surface area contributed by atoms with Gasteiger partial charge in [0.05, 0.1) is 0 Å². The zero-order chi connectivity index (χ0) is 9.80. The number of imidazole rings is 1. The molecule has 2 rings (SSSR count). The van der Waals surface area contributed by atoms with E-state index in [-0.39, 0.29) is 0 Å². The van der Waals surface area contributed by atoms with Crippen LogP contribution in [0.5, 0.6) is 0 Å². The first-order valence-corrected chi connectivity index (χ1v) is 5.34. The minimum Gasteiger partial charge on any atom is -0.346 e. The monoisotopic (exact) mass is 194 g/mol. The van der Waals surface area contributed by atoms with Crippen LogP contribution in [0, 0.1) is 0 Å². The van der Waals surface area contributed by atoms with Crippen molar-refractivity contribution in [3.63, 3.8) is 0 Å². The van der Waals surface area contributed by atoms with Gasteiger partial charge in [0, 0.05) is 24.2 Å². The van der Waals surface area contributed by atoms with Crippen molar-refractivity contribution in [1.29, 1.82) is 0 Å². The molecule has 1 aromatic heterocycles. The fourth-order valence-corrected chi connectivity index (χ4v) is 1.98. The topological polar surface area (TPSA) is 66.7 Å². The number of piperidine rings is 1. The summed E-state index contributed by atoms with van der Waals surface area (Å²) in [6.45, 7) is 2.91. The van der Waals surface area contributed by atoms with Gasteiger partial charge in [0.25, 0.3) is 0 Å². The Balaban J connectivity index is 2.00. The van der Waals surface area contributed by atoms with Gasteiger partial charge in [0.1, 0.15) is 5.82 Å². The van der Waals surface area contributed by atoms with Crippen molar-refractivity contribution in [2.24, 2.45) is 5.73 Å². The standard InChI is InChI=1S/C10H18N4/c11-4-1-10-13-7-9(14-10)8-2-5-12-6-3-8/h7-8,12H,1-6,11H2,(H,13,14). The molecule has 0 aromatic carbocycles. The van der Waals surface area contributed by atoms with Crippen LogP contribution in [0.25, 0.3) is 0 Å². The van der Waals surface area contributed by atoms with Gasteiger partial charge in [-0.1, -0.05) is 0 Å². The molecule has 2 heterocycles. The van der Waals surface area contributed by atoms with E-state index in [1.54, 1.807) is 0 Å². The minimum atomic E-state index is 0.662. The van der Waals surface area contributed by atoms with E-state index in [0.717, 1.165) is 25.3 Å². The number of rotatable bonds is 3. The first kappa shape index (κ1) is 9.68. The molecule has 1 saturated heterocycles. The van der Waals surface area contributed by atoms with Crippen molar-refractivity contribution in [3.05, 3.63) is 17.7 Å². The number of hydrogen-bond donors (Lipinski definition) is 3. The Morgan fingerprint density at radius 3 is 2.93 bits per heavy atom. The molecule has 0 radical (unpaired) electrons. The summed E-state index contributed by atoms with van der Waals surface area (Å²) >= 11 is 0. The normalized spacial score (nSPS) is 18.6. The molecule has 78 valence electrons.